The van der Waals surface area contributed by atoms with Crippen LogP contribution in [-0.2, 0) is 4.79 Å². The van der Waals surface area contributed by atoms with Crippen LogP contribution in [0.4, 0.5) is 0 Å². The number of rotatable bonds is 5. The van der Waals surface area contributed by atoms with Gasteiger partial charge in [0.25, 0.3) is 5.91 Å². The number of para-hydroxylation sites is 2. The first kappa shape index (κ1) is 17.6. The van der Waals surface area contributed by atoms with E-state index < -0.39 is 6.10 Å². The van der Waals surface area contributed by atoms with Crippen LogP contribution in [0.25, 0.3) is 0 Å². The maximum Gasteiger partial charge on any atom is 0.284 e. The van der Waals surface area contributed by atoms with Crippen molar-refractivity contribution in [2.75, 3.05) is 20.8 Å². The molecule has 2 aromatic rings. The molecule has 1 N–H and O–H groups in total. The molecule has 136 valence electrons. The van der Waals surface area contributed by atoms with Gasteiger partial charge in [-0.05, 0) is 37.3 Å². The van der Waals surface area contributed by atoms with E-state index in [0.29, 0.717) is 28.7 Å². The summed E-state index contributed by atoms with van der Waals surface area (Å²) in [5.74, 6) is 2.01. The number of hydrogen-bond acceptors (Lipinski definition) is 6. The van der Waals surface area contributed by atoms with E-state index in [1.165, 1.54) is 0 Å². The second-order valence-electron chi connectivity index (χ2n) is 5.61. The van der Waals surface area contributed by atoms with E-state index in [1.54, 1.807) is 45.4 Å². The van der Waals surface area contributed by atoms with Crippen LogP contribution in [0.5, 0.6) is 23.0 Å². The minimum Gasteiger partial charge on any atom is -0.493 e. The Hall–Kier alpha value is -3.22. The quantitative estimate of drug-likeness (QED) is 0.657. The average Bonchev–Trinajstić information content (AvgIpc) is 2.70. The van der Waals surface area contributed by atoms with Gasteiger partial charge in [-0.3, -0.25) is 4.79 Å². The van der Waals surface area contributed by atoms with Gasteiger partial charge in [-0.15, -0.1) is 0 Å². The predicted molar refractivity (Wildman–Crippen MR) is 96.3 cm³/mol. The Labute approximate surface area is 151 Å². The number of hydrazone groups is 1. The lowest BCUT2D eigenvalue weighted by atomic mass is 10.1. The third kappa shape index (κ3) is 3.72. The highest BCUT2D eigenvalue weighted by Gasteiger charge is 2.27. The Kier molecular flexibility index (Phi) is 5.26. The summed E-state index contributed by atoms with van der Waals surface area (Å²) in [7, 11) is 3.14. The summed E-state index contributed by atoms with van der Waals surface area (Å²) < 4.78 is 21.7. The molecule has 0 aliphatic carbocycles. The van der Waals surface area contributed by atoms with Crippen LogP contribution >= 0.6 is 0 Å². The summed E-state index contributed by atoms with van der Waals surface area (Å²) in [5.41, 5.74) is 3.94. The molecule has 26 heavy (non-hydrogen) atoms. The number of fused-ring (bicyclic) bond motifs is 1. The Balaban J connectivity index is 1.67. The predicted octanol–water partition coefficient (Wildman–Crippen LogP) is 2.38. The van der Waals surface area contributed by atoms with Gasteiger partial charge in [0.15, 0.2) is 23.0 Å². The van der Waals surface area contributed by atoms with E-state index in [4.69, 9.17) is 18.9 Å². The third-order valence-electron chi connectivity index (χ3n) is 3.94. The van der Waals surface area contributed by atoms with Crippen molar-refractivity contribution in [1.82, 2.24) is 5.43 Å². The lowest BCUT2D eigenvalue weighted by molar-refractivity contribution is -0.130. The molecule has 2 aromatic carbocycles. The van der Waals surface area contributed by atoms with Gasteiger partial charge in [0.1, 0.15) is 6.61 Å². The number of carbonyl (C=O) groups excluding carboxylic acids is 1. The van der Waals surface area contributed by atoms with Gasteiger partial charge >= 0.3 is 0 Å². The highest BCUT2D eigenvalue weighted by atomic mass is 16.6. The van der Waals surface area contributed by atoms with E-state index in [9.17, 15) is 4.79 Å². The maximum absolute atomic E-state index is 12.3. The van der Waals surface area contributed by atoms with E-state index >= 15 is 0 Å². The molecule has 1 aliphatic heterocycles. The van der Waals surface area contributed by atoms with Gasteiger partial charge in [0.05, 0.1) is 19.9 Å². The molecule has 0 radical (unpaired) electrons. The number of benzene rings is 2. The standard InChI is InChI=1S/C19H20N2O5/c1-12(13-8-9-14(23-2)17(10-13)24-3)20-21-19(22)18-11-25-15-6-4-5-7-16(15)26-18/h4-10,18H,11H2,1-3H3,(H,21,22)/b20-12+. The molecule has 0 spiro atoms. The summed E-state index contributed by atoms with van der Waals surface area (Å²) in [4.78, 5) is 12.3. The molecule has 0 bridgehead atoms. The average molecular weight is 356 g/mol. The first-order chi connectivity index (χ1) is 12.6. The molecule has 1 atom stereocenters. The van der Waals surface area contributed by atoms with Crippen LogP contribution in [0.1, 0.15) is 12.5 Å². The third-order valence-corrected chi connectivity index (χ3v) is 3.94. The highest BCUT2D eigenvalue weighted by Crippen LogP contribution is 2.31. The van der Waals surface area contributed by atoms with Gasteiger partial charge in [-0.25, -0.2) is 5.43 Å². The lowest BCUT2D eigenvalue weighted by Gasteiger charge is -2.24. The second-order valence-corrected chi connectivity index (χ2v) is 5.61. The summed E-state index contributed by atoms with van der Waals surface area (Å²) in [6, 6.07) is 12.6. The number of methoxy groups -OCH3 is 2. The van der Waals surface area contributed by atoms with Crippen LogP contribution in [0.2, 0.25) is 0 Å². The Morgan fingerprint density at radius 2 is 1.85 bits per heavy atom. The monoisotopic (exact) mass is 356 g/mol. The van der Waals surface area contributed by atoms with Crippen LogP contribution in [0.3, 0.4) is 0 Å². The second kappa shape index (κ2) is 7.77. The number of hydrogen-bond donors (Lipinski definition) is 1. The number of carbonyl (C=O) groups is 1. The molecule has 7 heteroatoms. The van der Waals surface area contributed by atoms with Crippen molar-refractivity contribution in [3.05, 3.63) is 48.0 Å². The van der Waals surface area contributed by atoms with Crippen molar-refractivity contribution in [3.8, 4) is 23.0 Å². The molecule has 1 aliphatic rings. The molecule has 1 unspecified atom stereocenters. The fraction of sp³-hybridized carbons (Fsp3) is 0.263. The van der Waals surface area contributed by atoms with E-state index in [-0.39, 0.29) is 12.5 Å². The van der Waals surface area contributed by atoms with E-state index in [1.807, 2.05) is 18.2 Å². The van der Waals surface area contributed by atoms with Gasteiger partial charge in [0.2, 0.25) is 6.10 Å². The summed E-state index contributed by atoms with van der Waals surface area (Å²) in [6.07, 6.45) is -0.758. The first-order valence-corrected chi connectivity index (χ1v) is 8.07. The van der Waals surface area contributed by atoms with Crippen LogP contribution in [-0.4, -0.2) is 38.5 Å². The minimum atomic E-state index is -0.758. The summed E-state index contributed by atoms with van der Waals surface area (Å²) in [5, 5.41) is 4.14. The number of ether oxygens (including phenoxy) is 4. The molecule has 3 rings (SSSR count). The van der Waals surface area contributed by atoms with Crippen LogP contribution in [0, 0.1) is 0 Å². The molecule has 0 fully saturated rings. The van der Waals surface area contributed by atoms with Gasteiger partial charge in [-0.2, -0.15) is 5.10 Å². The van der Waals surface area contributed by atoms with Crippen molar-refractivity contribution >= 4 is 11.6 Å². The van der Waals surface area contributed by atoms with Gasteiger partial charge in [-0.1, -0.05) is 12.1 Å². The van der Waals surface area contributed by atoms with Crippen molar-refractivity contribution in [2.45, 2.75) is 13.0 Å². The first-order valence-electron chi connectivity index (χ1n) is 8.07. The SMILES string of the molecule is COc1ccc(/C(C)=N/NC(=O)C2COc3ccccc3O2)cc1OC. The largest absolute Gasteiger partial charge is 0.493 e. The normalized spacial score (nSPS) is 16.0. The van der Waals surface area contributed by atoms with E-state index in [0.717, 1.165) is 5.56 Å². The van der Waals surface area contributed by atoms with Crippen molar-refractivity contribution in [2.24, 2.45) is 5.10 Å². The number of nitrogens with one attached hydrogen (secondary N) is 1. The van der Waals surface area contributed by atoms with Gasteiger partial charge in [0, 0.05) is 5.56 Å². The molecule has 0 aromatic heterocycles. The molecule has 0 saturated carbocycles. The Morgan fingerprint density at radius 1 is 1.12 bits per heavy atom. The zero-order valence-corrected chi connectivity index (χ0v) is 14.8. The van der Waals surface area contributed by atoms with Gasteiger partial charge < -0.3 is 18.9 Å². The molecular formula is C19H20N2O5. The molecule has 1 amide bonds. The molecular weight excluding hydrogens is 336 g/mol. The molecule has 1 heterocycles. The van der Waals surface area contributed by atoms with Crippen LogP contribution < -0.4 is 24.4 Å². The molecule has 0 saturated heterocycles. The smallest absolute Gasteiger partial charge is 0.284 e. The lowest BCUT2D eigenvalue weighted by Crippen LogP contribution is -2.42. The Morgan fingerprint density at radius 3 is 2.58 bits per heavy atom. The fourth-order valence-corrected chi connectivity index (χ4v) is 2.49. The topological polar surface area (TPSA) is 78.4 Å². The summed E-state index contributed by atoms with van der Waals surface area (Å²) in [6.45, 7) is 1.92. The fourth-order valence-electron chi connectivity index (χ4n) is 2.49. The maximum atomic E-state index is 12.3. The zero-order chi connectivity index (χ0) is 18.5. The zero-order valence-electron chi connectivity index (χ0n) is 14.8. The number of nitrogens with zero attached hydrogens (tertiary/aromatic N) is 1. The summed E-state index contributed by atoms with van der Waals surface area (Å²) >= 11 is 0. The van der Waals surface area contributed by atoms with Crippen molar-refractivity contribution in [1.29, 1.82) is 0 Å². The minimum absolute atomic E-state index is 0.133. The van der Waals surface area contributed by atoms with Crippen LogP contribution in [0.15, 0.2) is 47.6 Å². The highest BCUT2D eigenvalue weighted by molar-refractivity contribution is 6.00. The Bertz CT molecular complexity index is 834. The van der Waals surface area contributed by atoms with E-state index in [2.05, 4.69) is 10.5 Å². The number of amides is 1. The van der Waals surface area contributed by atoms with Crippen molar-refractivity contribution < 1.29 is 23.7 Å². The molecule has 7 nitrogen and oxygen atoms in total. The van der Waals surface area contributed by atoms with Crippen molar-refractivity contribution in [3.63, 3.8) is 0 Å².